The molecule has 0 atom stereocenters. The Morgan fingerprint density at radius 1 is 0.653 bits per heavy atom. The summed E-state index contributed by atoms with van der Waals surface area (Å²) < 4.78 is 3.48. The van der Waals surface area contributed by atoms with Crippen molar-refractivity contribution in [2.24, 2.45) is 0 Å². The summed E-state index contributed by atoms with van der Waals surface area (Å²) in [5.74, 6) is 0. The molecule has 1 aliphatic rings. The molecule has 3 nitrogen and oxygen atoms in total. The van der Waals surface area contributed by atoms with Crippen LogP contribution in [0.1, 0.15) is 17.5 Å². The monoisotopic (exact) mass is 651 g/mol. The van der Waals surface area contributed by atoms with Crippen molar-refractivity contribution in [2.75, 3.05) is 11.9 Å². The Labute approximate surface area is 293 Å². The first-order valence-corrected chi connectivity index (χ1v) is 17.7. The average molecular weight is 652 g/mol. The molecule has 2 heterocycles. The van der Waals surface area contributed by atoms with Crippen molar-refractivity contribution in [1.29, 1.82) is 5.26 Å². The number of fused-ring (bicyclic) bond motifs is 2. The normalized spacial score (nSPS) is 13.3. The fraction of sp³-hybridized carbons (Fsp3) is 0.0909. The van der Waals surface area contributed by atoms with Gasteiger partial charge in [-0.3, -0.25) is 0 Å². The highest BCUT2D eigenvalue weighted by atomic mass is 32.1. The van der Waals surface area contributed by atoms with E-state index in [4.69, 9.17) is 0 Å². The first-order valence-electron chi connectivity index (χ1n) is 16.9. The number of benzene rings is 6. The number of nitriles is 1. The molecule has 0 radical (unpaired) electrons. The maximum Gasteiger partial charge on any atom is 0.282 e. The van der Waals surface area contributed by atoms with E-state index in [1.54, 1.807) is 11.3 Å². The van der Waals surface area contributed by atoms with Crippen molar-refractivity contribution in [3.8, 4) is 6.07 Å². The Kier molecular flexibility index (Phi) is 9.24. The van der Waals surface area contributed by atoms with Crippen molar-refractivity contribution in [2.45, 2.75) is 19.9 Å². The van der Waals surface area contributed by atoms with Crippen LogP contribution in [0.3, 0.4) is 0 Å². The number of rotatable bonds is 6. The van der Waals surface area contributed by atoms with Gasteiger partial charge in [0.25, 0.3) is 5.01 Å². The third-order valence-electron chi connectivity index (χ3n) is 9.85. The Morgan fingerprint density at radius 2 is 1.10 bits per heavy atom. The molecule has 0 amide bonds. The molecule has 6 aromatic carbocycles. The number of hydrogen-bond acceptors (Lipinski definition) is 3. The van der Waals surface area contributed by atoms with E-state index in [2.05, 4.69) is 199 Å². The van der Waals surface area contributed by atoms with Crippen LogP contribution in [0.25, 0.3) is 15.8 Å². The second-order valence-electron chi connectivity index (χ2n) is 12.4. The van der Waals surface area contributed by atoms with Gasteiger partial charge in [0.2, 0.25) is 5.52 Å². The number of para-hydroxylation sites is 2. The summed E-state index contributed by atoms with van der Waals surface area (Å²) in [5, 5.41) is 11.0. The van der Waals surface area contributed by atoms with Crippen LogP contribution in [0.5, 0.6) is 0 Å². The van der Waals surface area contributed by atoms with Crippen molar-refractivity contribution in [3.05, 3.63) is 186 Å². The number of aryl methyl sites for hydroxylation is 1. The van der Waals surface area contributed by atoms with E-state index >= 15 is 0 Å². The highest BCUT2D eigenvalue weighted by Gasteiger charge is 2.32. The van der Waals surface area contributed by atoms with Crippen LogP contribution in [0, 0.1) is 11.3 Å². The van der Waals surface area contributed by atoms with E-state index in [0.29, 0.717) is 0 Å². The van der Waals surface area contributed by atoms with Crippen LogP contribution in [-0.4, -0.2) is 13.2 Å². The number of anilines is 1. The number of aromatic nitrogens is 1. The van der Waals surface area contributed by atoms with Gasteiger partial charge in [0, 0.05) is 30.9 Å². The van der Waals surface area contributed by atoms with Gasteiger partial charge in [-0.25, -0.2) is 0 Å². The molecule has 5 heteroatoms. The van der Waals surface area contributed by atoms with Crippen LogP contribution in [-0.2, 0) is 13.0 Å². The zero-order valence-electron chi connectivity index (χ0n) is 27.9. The van der Waals surface area contributed by atoms with E-state index in [-0.39, 0.29) is 0 Å². The summed E-state index contributed by atoms with van der Waals surface area (Å²) in [4.78, 5) is 2.16. The fourth-order valence-electron chi connectivity index (χ4n) is 7.58. The summed E-state index contributed by atoms with van der Waals surface area (Å²) in [6, 6.07) is 62.8. The van der Waals surface area contributed by atoms with E-state index in [1.165, 1.54) is 43.3 Å². The summed E-state index contributed by atoms with van der Waals surface area (Å²) >= 11 is 1.70. The highest BCUT2D eigenvalue weighted by Crippen LogP contribution is 2.37. The van der Waals surface area contributed by atoms with E-state index in [9.17, 15) is 5.26 Å². The van der Waals surface area contributed by atoms with Gasteiger partial charge in [-0.2, -0.15) is 31.7 Å². The second kappa shape index (κ2) is 14.2. The molecule has 49 heavy (non-hydrogen) atoms. The summed E-state index contributed by atoms with van der Waals surface area (Å²) in [5.41, 5.74) is 10.9. The molecule has 0 N–H and O–H groups in total. The molecule has 0 bridgehead atoms. The molecular weight excluding hydrogens is 613 g/mol. The van der Waals surface area contributed by atoms with Gasteiger partial charge in [-0.1, -0.05) is 163 Å². The number of thiazole rings is 1. The molecule has 8 rings (SSSR count). The average Bonchev–Trinajstić information content (AvgIpc) is 3.71. The van der Waals surface area contributed by atoms with Crippen LogP contribution in [0.15, 0.2) is 176 Å². The molecule has 0 spiro atoms. The quantitative estimate of drug-likeness (QED) is 0.108. The Morgan fingerprint density at radius 3 is 1.57 bits per heavy atom. The lowest BCUT2D eigenvalue weighted by molar-refractivity contribution is -0.665. The van der Waals surface area contributed by atoms with Gasteiger partial charge < -0.3 is 4.90 Å². The number of hydrogen-bond donors (Lipinski definition) is 0. The minimum Gasteiger partial charge on any atom is -0.346 e. The molecule has 238 valence electrons. The van der Waals surface area contributed by atoms with Crippen molar-refractivity contribution in [3.63, 3.8) is 0 Å². The second-order valence-corrected chi connectivity index (χ2v) is 13.5. The van der Waals surface area contributed by atoms with Crippen molar-refractivity contribution >= 4 is 60.8 Å². The maximum atomic E-state index is 9.94. The van der Waals surface area contributed by atoms with Gasteiger partial charge in [0.05, 0.1) is 0 Å². The SMILES string of the molecule is CC[n+]1c(C(C#N)=C2Cc3ccccc3N2C)sc2ccccc21.c1ccc([B-](c2ccccc2)(c2ccccc2)c2ccccc2)cc1. The van der Waals surface area contributed by atoms with Gasteiger partial charge >= 0.3 is 0 Å². The molecule has 7 aromatic rings. The van der Waals surface area contributed by atoms with Crippen LogP contribution < -0.4 is 31.3 Å². The summed E-state index contributed by atoms with van der Waals surface area (Å²) in [6.45, 7) is 2.99. The number of likely N-dealkylation sites (N-methyl/N-ethyl adjacent to an activating group) is 1. The third-order valence-corrected chi connectivity index (χ3v) is 11.0. The lowest BCUT2D eigenvalue weighted by Gasteiger charge is -2.44. The third kappa shape index (κ3) is 5.86. The Hall–Kier alpha value is -5.70. The molecular formula is C44H38BN3S. The van der Waals surface area contributed by atoms with Gasteiger partial charge in [0.1, 0.15) is 23.5 Å². The fourth-order valence-corrected chi connectivity index (χ4v) is 8.82. The summed E-state index contributed by atoms with van der Waals surface area (Å²) in [7, 11) is 2.06. The first-order chi connectivity index (χ1) is 24.2. The molecule has 0 unspecified atom stereocenters. The Balaban J connectivity index is 0.000000154. The van der Waals surface area contributed by atoms with Gasteiger partial charge in [-0.05, 0) is 24.6 Å². The van der Waals surface area contributed by atoms with Crippen LogP contribution in [0.4, 0.5) is 5.69 Å². The smallest absolute Gasteiger partial charge is 0.282 e. The Bertz CT molecular complexity index is 2090. The number of nitrogens with zero attached hydrogens (tertiary/aromatic N) is 3. The van der Waals surface area contributed by atoms with Gasteiger partial charge in [0.15, 0.2) is 5.57 Å². The molecule has 0 aliphatic carbocycles. The van der Waals surface area contributed by atoms with Crippen LogP contribution in [0.2, 0.25) is 0 Å². The predicted molar refractivity (Wildman–Crippen MR) is 209 cm³/mol. The predicted octanol–water partition coefficient (Wildman–Crippen LogP) is 7.20. The van der Waals surface area contributed by atoms with Gasteiger partial charge in [-0.15, -0.1) is 0 Å². The van der Waals surface area contributed by atoms with E-state index < -0.39 is 6.15 Å². The lowest BCUT2D eigenvalue weighted by Crippen LogP contribution is -2.74. The molecule has 1 aromatic heterocycles. The van der Waals surface area contributed by atoms with Crippen LogP contribution >= 0.6 is 11.3 Å². The number of allylic oxidation sites excluding steroid dienone is 2. The van der Waals surface area contributed by atoms with E-state index in [0.717, 1.165) is 29.2 Å². The zero-order valence-corrected chi connectivity index (χ0v) is 28.7. The molecule has 0 fully saturated rings. The maximum absolute atomic E-state index is 9.94. The highest BCUT2D eigenvalue weighted by molar-refractivity contribution is 7.20. The minimum absolute atomic E-state index is 0.789. The largest absolute Gasteiger partial charge is 0.346 e. The zero-order chi connectivity index (χ0) is 33.6. The topological polar surface area (TPSA) is 30.9 Å². The minimum atomic E-state index is -1.22. The lowest BCUT2D eigenvalue weighted by atomic mass is 9.13. The molecule has 0 saturated carbocycles. The van der Waals surface area contributed by atoms with Crippen molar-refractivity contribution in [1.82, 2.24) is 0 Å². The first kappa shape index (κ1) is 31.9. The van der Waals surface area contributed by atoms with E-state index in [1.807, 2.05) is 0 Å². The van der Waals surface area contributed by atoms with Crippen molar-refractivity contribution < 1.29 is 4.57 Å². The molecule has 1 aliphatic heterocycles. The molecule has 0 saturated heterocycles. The standard InChI is InChI=1S/C24H20B.C20H18N3S/c1-5-13-21(14-6-1)25(22-15-7-2-8-16-22,23-17-9-3-10-18-23)24-19-11-4-12-20-24;1-3-23-17-10-6-7-11-19(17)24-20(23)15(13-21)18-12-14-8-4-5-9-16(14)22(18)2/h1-20H;4-11H,3,12H2,1-2H3/q-1;+1. The summed E-state index contributed by atoms with van der Waals surface area (Å²) in [6.07, 6.45) is -0.403.